The minimum atomic E-state index is -0.502. The molecule has 0 aliphatic rings. The zero-order chi connectivity index (χ0) is 15.9. The molecule has 4 nitrogen and oxygen atoms in total. The first kappa shape index (κ1) is 17.4. The highest BCUT2D eigenvalue weighted by Crippen LogP contribution is 2.24. The molecule has 21 heavy (non-hydrogen) atoms. The first-order chi connectivity index (χ1) is 9.92. The molecular formula is C16H25FN2O2. The van der Waals surface area contributed by atoms with Gasteiger partial charge in [-0.05, 0) is 18.1 Å². The van der Waals surface area contributed by atoms with Gasteiger partial charge in [-0.1, -0.05) is 39.0 Å². The SMILES string of the molecule is CCCN(CCO)C(=O)NCC(C)(C)c1ccccc1F. The zero-order valence-corrected chi connectivity index (χ0v) is 13.0. The maximum atomic E-state index is 13.9. The topological polar surface area (TPSA) is 52.6 Å². The number of carbonyl (C=O) groups is 1. The fourth-order valence-corrected chi connectivity index (χ4v) is 2.22. The van der Waals surface area contributed by atoms with Gasteiger partial charge in [0.15, 0.2) is 0 Å². The number of rotatable bonds is 7. The third kappa shape index (κ3) is 5.01. The summed E-state index contributed by atoms with van der Waals surface area (Å²) in [5.41, 5.74) is 0.0764. The van der Waals surface area contributed by atoms with Gasteiger partial charge >= 0.3 is 6.03 Å². The Morgan fingerprint density at radius 3 is 2.57 bits per heavy atom. The second-order valence-corrected chi connectivity index (χ2v) is 5.73. The van der Waals surface area contributed by atoms with Gasteiger partial charge < -0.3 is 15.3 Å². The normalized spacial score (nSPS) is 11.3. The van der Waals surface area contributed by atoms with Gasteiger partial charge in [0.1, 0.15) is 5.82 Å². The minimum Gasteiger partial charge on any atom is -0.395 e. The van der Waals surface area contributed by atoms with Crippen molar-refractivity contribution in [2.24, 2.45) is 0 Å². The van der Waals surface area contributed by atoms with Gasteiger partial charge in [-0.25, -0.2) is 9.18 Å². The second kappa shape index (κ2) is 7.98. The van der Waals surface area contributed by atoms with Crippen molar-refractivity contribution in [2.45, 2.75) is 32.6 Å². The van der Waals surface area contributed by atoms with Crippen LogP contribution in [0.1, 0.15) is 32.8 Å². The number of urea groups is 1. The van der Waals surface area contributed by atoms with E-state index in [0.29, 0.717) is 25.2 Å². The third-order valence-electron chi connectivity index (χ3n) is 3.44. The van der Waals surface area contributed by atoms with Crippen LogP contribution in [0.3, 0.4) is 0 Å². The Kier molecular flexibility index (Phi) is 6.62. The molecule has 1 aromatic rings. The Labute approximate surface area is 126 Å². The summed E-state index contributed by atoms with van der Waals surface area (Å²) in [6, 6.07) is 6.37. The molecule has 0 heterocycles. The number of carbonyl (C=O) groups excluding carboxylic acids is 1. The van der Waals surface area contributed by atoms with Gasteiger partial charge in [-0.3, -0.25) is 0 Å². The molecule has 1 aromatic carbocycles. The maximum absolute atomic E-state index is 13.9. The number of halogens is 1. The largest absolute Gasteiger partial charge is 0.395 e. The Hall–Kier alpha value is -1.62. The zero-order valence-electron chi connectivity index (χ0n) is 13.0. The molecule has 0 aliphatic heterocycles. The lowest BCUT2D eigenvalue weighted by atomic mass is 9.84. The average Bonchev–Trinajstić information content (AvgIpc) is 2.45. The summed E-state index contributed by atoms with van der Waals surface area (Å²) in [6.45, 7) is 6.92. The number of nitrogens with zero attached hydrogens (tertiary/aromatic N) is 1. The van der Waals surface area contributed by atoms with Gasteiger partial charge in [0, 0.05) is 25.0 Å². The van der Waals surface area contributed by atoms with Crippen LogP contribution in [0.15, 0.2) is 24.3 Å². The van der Waals surface area contributed by atoms with Crippen LogP contribution in [-0.4, -0.2) is 42.3 Å². The molecule has 0 radical (unpaired) electrons. The summed E-state index contributed by atoms with van der Waals surface area (Å²) in [5.74, 6) is -0.266. The molecule has 2 N–H and O–H groups in total. The molecular weight excluding hydrogens is 271 g/mol. The molecule has 0 saturated carbocycles. The van der Waals surface area contributed by atoms with E-state index in [9.17, 15) is 9.18 Å². The predicted molar refractivity (Wildman–Crippen MR) is 81.8 cm³/mol. The van der Waals surface area contributed by atoms with Gasteiger partial charge in [0.2, 0.25) is 0 Å². The van der Waals surface area contributed by atoms with Crippen LogP contribution in [0, 0.1) is 5.82 Å². The van der Waals surface area contributed by atoms with E-state index in [1.165, 1.54) is 6.07 Å². The molecule has 118 valence electrons. The van der Waals surface area contributed by atoms with E-state index >= 15 is 0 Å². The van der Waals surface area contributed by atoms with E-state index < -0.39 is 5.41 Å². The van der Waals surface area contributed by atoms with Gasteiger partial charge in [-0.15, -0.1) is 0 Å². The van der Waals surface area contributed by atoms with Crippen LogP contribution in [0.2, 0.25) is 0 Å². The number of nitrogens with one attached hydrogen (secondary N) is 1. The van der Waals surface area contributed by atoms with E-state index in [-0.39, 0.29) is 18.5 Å². The second-order valence-electron chi connectivity index (χ2n) is 5.73. The number of aliphatic hydroxyl groups is 1. The third-order valence-corrected chi connectivity index (χ3v) is 3.44. The lowest BCUT2D eigenvalue weighted by Crippen LogP contribution is -2.46. The number of hydrogen-bond acceptors (Lipinski definition) is 2. The van der Waals surface area contributed by atoms with Crippen LogP contribution < -0.4 is 5.32 Å². The number of benzene rings is 1. The molecule has 0 bridgehead atoms. The molecule has 0 aromatic heterocycles. The van der Waals surface area contributed by atoms with Crippen molar-refractivity contribution in [3.63, 3.8) is 0 Å². The summed E-state index contributed by atoms with van der Waals surface area (Å²) < 4.78 is 13.9. The molecule has 0 unspecified atom stereocenters. The van der Waals surface area contributed by atoms with E-state index in [2.05, 4.69) is 5.32 Å². The highest BCUT2D eigenvalue weighted by Gasteiger charge is 2.25. The molecule has 5 heteroatoms. The summed E-state index contributed by atoms with van der Waals surface area (Å²) in [4.78, 5) is 13.7. The summed E-state index contributed by atoms with van der Waals surface area (Å²) >= 11 is 0. The van der Waals surface area contributed by atoms with Crippen LogP contribution in [-0.2, 0) is 5.41 Å². The van der Waals surface area contributed by atoms with Crippen molar-refractivity contribution >= 4 is 6.03 Å². The minimum absolute atomic E-state index is 0.0654. The van der Waals surface area contributed by atoms with Gasteiger partial charge in [-0.2, -0.15) is 0 Å². The molecule has 0 saturated heterocycles. The first-order valence-electron chi connectivity index (χ1n) is 7.31. The standard InChI is InChI=1S/C16H25FN2O2/c1-4-9-19(10-11-20)15(21)18-12-16(2,3)13-7-5-6-8-14(13)17/h5-8,20H,4,9-12H2,1-3H3,(H,18,21). The average molecular weight is 296 g/mol. The fraction of sp³-hybridized carbons (Fsp3) is 0.562. The van der Waals surface area contributed by atoms with E-state index in [0.717, 1.165) is 6.42 Å². The van der Waals surface area contributed by atoms with Gasteiger partial charge in [0.05, 0.1) is 6.61 Å². The Morgan fingerprint density at radius 2 is 2.00 bits per heavy atom. The van der Waals surface area contributed by atoms with E-state index in [4.69, 9.17) is 5.11 Å². The van der Waals surface area contributed by atoms with Crippen molar-refractivity contribution in [1.82, 2.24) is 10.2 Å². The van der Waals surface area contributed by atoms with Crippen LogP contribution in [0.25, 0.3) is 0 Å². The van der Waals surface area contributed by atoms with Crippen molar-refractivity contribution < 1.29 is 14.3 Å². The quantitative estimate of drug-likeness (QED) is 0.812. The highest BCUT2D eigenvalue weighted by molar-refractivity contribution is 5.74. The molecule has 1 rings (SSSR count). The predicted octanol–water partition coefficient (Wildman–Crippen LogP) is 2.52. The summed E-state index contributed by atoms with van der Waals surface area (Å²) in [6.07, 6.45) is 0.824. The molecule has 0 aliphatic carbocycles. The van der Waals surface area contributed by atoms with Crippen molar-refractivity contribution in [3.05, 3.63) is 35.6 Å². The lowest BCUT2D eigenvalue weighted by molar-refractivity contribution is 0.175. The monoisotopic (exact) mass is 296 g/mol. The molecule has 2 amide bonds. The summed E-state index contributed by atoms with van der Waals surface area (Å²) in [5, 5.41) is 11.8. The van der Waals surface area contributed by atoms with Crippen LogP contribution in [0.5, 0.6) is 0 Å². The van der Waals surface area contributed by atoms with Crippen molar-refractivity contribution in [3.8, 4) is 0 Å². The van der Waals surface area contributed by atoms with Crippen LogP contribution >= 0.6 is 0 Å². The first-order valence-corrected chi connectivity index (χ1v) is 7.31. The van der Waals surface area contributed by atoms with E-state index in [1.807, 2.05) is 20.8 Å². The molecule has 0 spiro atoms. The van der Waals surface area contributed by atoms with E-state index in [1.54, 1.807) is 23.1 Å². The highest BCUT2D eigenvalue weighted by atomic mass is 19.1. The Morgan fingerprint density at radius 1 is 1.33 bits per heavy atom. The molecule has 0 atom stereocenters. The van der Waals surface area contributed by atoms with Crippen LogP contribution in [0.4, 0.5) is 9.18 Å². The lowest BCUT2D eigenvalue weighted by Gasteiger charge is -2.28. The number of aliphatic hydroxyl groups excluding tert-OH is 1. The van der Waals surface area contributed by atoms with Crippen molar-refractivity contribution in [2.75, 3.05) is 26.2 Å². The Bertz CT molecular complexity index is 457. The molecule has 0 fully saturated rings. The Balaban J connectivity index is 2.68. The fourth-order valence-electron chi connectivity index (χ4n) is 2.22. The summed E-state index contributed by atoms with van der Waals surface area (Å²) in [7, 11) is 0. The van der Waals surface area contributed by atoms with Gasteiger partial charge in [0.25, 0.3) is 0 Å². The smallest absolute Gasteiger partial charge is 0.317 e. The van der Waals surface area contributed by atoms with Crippen molar-refractivity contribution in [1.29, 1.82) is 0 Å². The number of hydrogen-bond donors (Lipinski definition) is 2. The maximum Gasteiger partial charge on any atom is 0.317 e. The number of amides is 2.